The number of hydrogen-bond donors (Lipinski definition) is 0. The van der Waals surface area contributed by atoms with Gasteiger partial charge in [0.2, 0.25) is 0 Å². The molecule has 0 spiro atoms. The van der Waals surface area contributed by atoms with Gasteiger partial charge in [0.15, 0.2) is 0 Å². The van der Waals surface area contributed by atoms with Gasteiger partial charge in [-0.15, -0.1) is 0 Å². The Labute approximate surface area is 75.2 Å². The highest BCUT2D eigenvalue weighted by Crippen LogP contribution is 2.23. The van der Waals surface area contributed by atoms with Crippen LogP contribution in [0.25, 0.3) is 0 Å². The van der Waals surface area contributed by atoms with Gasteiger partial charge >= 0.3 is 0 Å². The largest absolute Gasteiger partial charge is 0.244 e. The lowest BCUT2D eigenvalue weighted by Gasteiger charge is -2.07. The monoisotopic (exact) mass is 214 g/mol. The minimum absolute atomic E-state index is 0.507. The van der Waals surface area contributed by atoms with Crippen molar-refractivity contribution in [3.05, 3.63) is 22.7 Å². The molecule has 2 nitrogen and oxygen atoms in total. The van der Waals surface area contributed by atoms with E-state index in [0.717, 1.165) is 16.6 Å². The van der Waals surface area contributed by atoms with Crippen LogP contribution in [0.15, 0.2) is 17.0 Å². The van der Waals surface area contributed by atoms with Crippen LogP contribution in [0.4, 0.5) is 0 Å². The van der Waals surface area contributed by atoms with Crippen molar-refractivity contribution < 1.29 is 0 Å². The number of rotatable bonds is 2. The van der Waals surface area contributed by atoms with Crippen molar-refractivity contribution in [3.63, 3.8) is 0 Å². The molecule has 0 aliphatic carbocycles. The zero-order chi connectivity index (χ0) is 8.27. The lowest BCUT2D eigenvalue weighted by Crippen LogP contribution is -1.96. The molecule has 0 saturated heterocycles. The van der Waals surface area contributed by atoms with Crippen molar-refractivity contribution in [2.45, 2.75) is 26.2 Å². The zero-order valence-electron chi connectivity index (χ0n) is 6.71. The van der Waals surface area contributed by atoms with E-state index in [-0.39, 0.29) is 0 Å². The second-order valence-corrected chi connectivity index (χ2v) is 3.42. The Kier molecular flexibility index (Phi) is 3.00. The van der Waals surface area contributed by atoms with Gasteiger partial charge in [-0.3, -0.25) is 0 Å². The lowest BCUT2D eigenvalue weighted by molar-refractivity contribution is 0.699. The molecule has 3 heteroatoms. The fourth-order valence-electron chi connectivity index (χ4n) is 0.878. The number of halogens is 1. The molecule has 1 atom stereocenters. The molecule has 0 bridgehead atoms. The third kappa shape index (κ3) is 1.99. The van der Waals surface area contributed by atoms with Crippen LogP contribution in [-0.2, 0) is 0 Å². The molecule has 0 fully saturated rings. The van der Waals surface area contributed by atoms with Gasteiger partial charge < -0.3 is 0 Å². The first-order valence-electron chi connectivity index (χ1n) is 3.71. The van der Waals surface area contributed by atoms with Gasteiger partial charge in [-0.2, -0.15) is 0 Å². The van der Waals surface area contributed by atoms with Gasteiger partial charge in [0.05, 0.1) is 10.2 Å². The van der Waals surface area contributed by atoms with Gasteiger partial charge in [0, 0.05) is 6.20 Å². The van der Waals surface area contributed by atoms with Crippen LogP contribution in [0, 0.1) is 0 Å². The van der Waals surface area contributed by atoms with Crippen LogP contribution in [0.2, 0.25) is 0 Å². The first-order valence-corrected chi connectivity index (χ1v) is 4.50. The molecule has 0 amide bonds. The van der Waals surface area contributed by atoms with Gasteiger partial charge in [-0.05, 0) is 28.3 Å². The number of hydrogen-bond acceptors (Lipinski definition) is 2. The van der Waals surface area contributed by atoms with E-state index in [1.165, 1.54) is 0 Å². The molecule has 0 radical (unpaired) electrons. The number of nitrogens with zero attached hydrogens (tertiary/aromatic N) is 2. The van der Waals surface area contributed by atoms with Crippen molar-refractivity contribution >= 4 is 15.9 Å². The average molecular weight is 215 g/mol. The minimum Gasteiger partial charge on any atom is -0.244 e. The topological polar surface area (TPSA) is 25.8 Å². The highest BCUT2D eigenvalue weighted by molar-refractivity contribution is 9.10. The van der Waals surface area contributed by atoms with Crippen molar-refractivity contribution in [2.75, 3.05) is 0 Å². The summed E-state index contributed by atoms with van der Waals surface area (Å²) in [6.07, 6.45) is 4.48. The predicted octanol–water partition coefficient (Wildman–Crippen LogP) is 2.75. The summed E-state index contributed by atoms with van der Waals surface area (Å²) in [5.74, 6) is 0.507. The summed E-state index contributed by atoms with van der Waals surface area (Å²) in [5.41, 5.74) is 1.10. The lowest BCUT2D eigenvalue weighted by atomic mass is 10.1. The van der Waals surface area contributed by atoms with E-state index in [2.05, 4.69) is 39.7 Å². The molecule has 0 saturated carbocycles. The van der Waals surface area contributed by atoms with E-state index >= 15 is 0 Å². The highest BCUT2D eigenvalue weighted by Gasteiger charge is 2.07. The normalized spacial score (nSPS) is 13.0. The molecule has 1 aromatic heterocycles. The first-order chi connectivity index (χ1) is 5.25. The van der Waals surface area contributed by atoms with E-state index in [1.54, 1.807) is 12.5 Å². The van der Waals surface area contributed by atoms with Crippen LogP contribution in [-0.4, -0.2) is 9.97 Å². The molecule has 0 aliphatic rings. The fraction of sp³-hybridized carbons (Fsp3) is 0.500. The summed E-state index contributed by atoms with van der Waals surface area (Å²) < 4.78 is 1.01. The molecule has 60 valence electrons. The summed E-state index contributed by atoms with van der Waals surface area (Å²) >= 11 is 3.41. The summed E-state index contributed by atoms with van der Waals surface area (Å²) in [6, 6.07) is 0. The molecule has 0 N–H and O–H groups in total. The van der Waals surface area contributed by atoms with Crippen molar-refractivity contribution in [1.29, 1.82) is 0 Å². The van der Waals surface area contributed by atoms with E-state index in [0.29, 0.717) is 5.92 Å². The second-order valence-electron chi connectivity index (χ2n) is 2.57. The van der Waals surface area contributed by atoms with Crippen LogP contribution >= 0.6 is 15.9 Å². The summed E-state index contributed by atoms with van der Waals surface area (Å²) in [4.78, 5) is 8.09. The second kappa shape index (κ2) is 3.81. The van der Waals surface area contributed by atoms with Crippen molar-refractivity contribution in [3.8, 4) is 0 Å². The summed E-state index contributed by atoms with van der Waals surface area (Å²) in [5, 5.41) is 0. The standard InChI is InChI=1S/C8H11BrN2/c1-3-6(2)8-7(9)4-10-5-11-8/h4-6H,3H2,1-2H3/t6-/m1/s1. The molecule has 11 heavy (non-hydrogen) atoms. The number of aromatic nitrogens is 2. The maximum atomic E-state index is 4.19. The van der Waals surface area contributed by atoms with E-state index in [4.69, 9.17) is 0 Å². The van der Waals surface area contributed by atoms with Crippen LogP contribution < -0.4 is 0 Å². The zero-order valence-corrected chi connectivity index (χ0v) is 8.30. The predicted molar refractivity (Wildman–Crippen MR) is 48.4 cm³/mol. The van der Waals surface area contributed by atoms with Crippen LogP contribution in [0.3, 0.4) is 0 Å². The smallest absolute Gasteiger partial charge is 0.115 e. The Morgan fingerprint density at radius 3 is 2.91 bits per heavy atom. The summed E-state index contributed by atoms with van der Waals surface area (Å²) in [6.45, 7) is 4.31. The molecule has 1 rings (SSSR count). The SMILES string of the molecule is CC[C@@H](C)c1ncncc1Br. The Hall–Kier alpha value is -0.440. The Bertz CT molecular complexity index is 237. The fourth-order valence-corrected chi connectivity index (χ4v) is 1.49. The molecular weight excluding hydrogens is 204 g/mol. The molecule has 0 unspecified atom stereocenters. The molecule has 0 aromatic carbocycles. The quantitative estimate of drug-likeness (QED) is 0.757. The summed E-state index contributed by atoms with van der Waals surface area (Å²) in [7, 11) is 0. The Morgan fingerprint density at radius 1 is 1.64 bits per heavy atom. The molecule has 1 aromatic rings. The van der Waals surface area contributed by atoms with E-state index < -0.39 is 0 Å². The van der Waals surface area contributed by atoms with Gasteiger partial charge in [0.1, 0.15) is 6.33 Å². The maximum absolute atomic E-state index is 4.19. The molecular formula is C8H11BrN2. The molecule has 1 heterocycles. The van der Waals surface area contributed by atoms with Gasteiger partial charge in [-0.25, -0.2) is 9.97 Å². The van der Waals surface area contributed by atoms with Gasteiger partial charge in [-0.1, -0.05) is 13.8 Å². The van der Waals surface area contributed by atoms with Gasteiger partial charge in [0.25, 0.3) is 0 Å². The van der Waals surface area contributed by atoms with Crippen molar-refractivity contribution in [1.82, 2.24) is 9.97 Å². The molecule has 0 aliphatic heterocycles. The van der Waals surface area contributed by atoms with E-state index in [9.17, 15) is 0 Å². The minimum atomic E-state index is 0.507. The van der Waals surface area contributed by atoms with Crippen molar-refractivity contribution in [2.24, 2.45) is 0 Å². The van der Waals surface area contributed by atoms with Crippen LogP contribution in [0.1, 0.15) is 31.9 Å². The third-order valence-corrected chi connectivity index (χ3v) is 2.39. The maximum Gasteiger partial charge on any atom is 0.115 e. The highest BCUT2D eigenvalue weighted by atomic mass is 79.9. The Morgan fingerprint density at radius 2 is 2.36 bits per heavy atom. The Balaban J connectivity index is 2.93. The van der Waals surface area contributed by atoms with Crippen LogP contribution in [0.5, 0.6) is 0 Å². The average Bonchev–Trinajstić information content (AvgIpc) is 2.04. The third-order valence-electron chi connectivity index (χ3n) is 1.78. The van der Waals surface area contributed by atoms with E-state index in [1.807, 2.05) is 0 Å². The first kappa shape index (κ1) is 8.65.